The largest absolute Gasteiger partial charge is 0.482 e. The third-order valence-electron chi connectivity index (χ3n) is 1.59. The SMILES string of the molecule is [B]C([B])(CC([B])([B])C(=O)O)NC(C)(C)C. The van der Waals surface area contributed by atoms with Gasteiger partial charge in [-0.25, -0.2) is 0 Å². The highest BCUT2D eigenvalue weighted by atomic mass is 16.4. The van der Waals surface area contributed by atoms with Crippen molar-refractivity contribution in [1.82, 2.24) is 5.32 Å². The van der Waals surface area contributed by atoms with Gasteiger partial charge < -0.3 is 10.4 Å². The molecule has 74 valence electrons. The summed E-state index contributed by atoms with van der Waals surface area (Å²) in [7, 11) is 22.0. The van der Waals surface area contributed by atoms with Gasteiger partial charge in [0.15, 0.2) is 0 Å². The van der Waals surface area contributed by atoms with Crippen molar-refractivity contribution in [3.63, 3.8) is 0 Å². The normalized spacial score (nSPS) is 13.8. The molecule has 0 aliphatic rings. The predicted octanol–water partition coefficient (Wildman–Crippen LogP) is -0.707. The monoisotopic (exact) mass is 199 g/mol. The average Bonchev–Trinajstić information content (AvgIpc) is 1.75. The summed E-state index contributed by atoms with van der Waals surface area (Å²) in [6.07, 6.45) is -0.285. The topological polar surface area (TPSA) is 49.3 Å². The third kappa shape index (κ3) is 5.98. The Kier molecular flexibility index (Phi) is 4.19. The molecule has 0 amide bonds. The molecule has 0 heterocycles. The van der Waals surface area contributed by atoms with Crippen molar-refractivity contribution >= 4 is 37.4 Å². The Morgan fingerprint density at radius 2 is 1.60 bits per heavy atom. The lowest BCUT2D eigenvalue weighted by Gasteiger charge is -2.40. The number of hydrogen-bond acceptors (Lipinski definition) is 2. The lowest BCUT2D eigenvalue weighted by molar-refractivity contribution is -0.138. The number of rotatable bonds is 4. The summed E-state index contributed by atoms with van der Waals surface area (Å²) in [5, 5.41) is 8.18. The molecular weight excluding hydrogens is 185 g/mol. The Hall–Kier alpha value is -0.310. The van der Waals surface area contributed by atoms with E-state index in [0.29, 0.717) is 0 Å². The molecule has 0 saturated carbocycles. The summed E-state index contributed by atoms with van der Waals surface area (Å²) in [6, 6.07) is 0. The van der Waals surface area contributed by atoms with Crippen LogP contribution in [0.1, 0.15) is 27.2 Å². The van der Waals surface area contributed by atoms with Crippen molar-refractivity contribution in [2.24, 2.45) is 0 Å². The van der Waals surface area contributed by atoms with E-state index in [1.54, 1.807) is 0 Å². The smallest absolute Gasteiger partial charge is 0.292 e. The fraction of sp³-hybridized carbons (Fsp3) is 0.875. The predicted molar refractivity (Wildman–Crippen MR) is 63.6 cm³/mol. The van der Waals surface area contributed by atoms with E-state index in [1.807, 2.05) is 20.8 Å². The molecule has 0 aromatic rings. The minimum Gasteiger partial charge on any atom is -0.482 e. The molecule has 0 aromatic carbocycles. The molecule has 8 radical (unpaired) electrons. The van der Waals surface area contributed by atoms with Crippen LogP contribution in [0.5, 0.6) is 0 Å². The van der Waals surface area contributed by atoms with Gasteiger partial charge in [0, 0.05) is 5.54 Å². The van der Waals surface area contributed by atoms with Crippen molar-refractivity contribution in [2.75, 3.05) is 0 Å². The maximum absolute atomic E-state index is 10.7. The summed E-state index contributed by atoms with van der Waals surface area (Å²) >= 11 is 0. The third-order valence-corrected chi connectivity index (χ3v) is 1.59. The molecular formula is C8H13B4NO2. The molecule has 3 nitrogen and oxygen atoms in total. The van der Waals surface area contributed by atoms with Crippen molar-refractivity contribution in [3.8, 4) is 0 Å². The Morgan fingerprint density at radius 3 is 1.87 bits per heavy atom. The number of carboxylic acids is 1. The number of aliphatic carboxylic acids is 1. The van der Waals surface area contributed by atoms with E-state index in [0.717, 1.165) is 0 Å². The van der Waals surface area contributed by atoms with Crippen molar-refractivity contribution in [3.05, 3.63) is 0 Å². The highest BCUT2D eigenvalue weighted by Crippen LogP contribution is 2.27. The standard InChI is InChI=1S/C8H13B4NO2/c1-6(2,3)13-8(11,12)4-7(9,10)5(14)15/h13H,4H2,1-3H3,(H,14,15). The fourth-order valence-electron chi connectivity index (χ4n) is 1.30. The first-order chi connectivity index (χ1) is 6.36. The first-order valence-corrected chi connectivity index (χ1v) is 4.54. The van der Waals surface area contributed by atoms with Crippen LogP contribution in [0.15, 0.2) is 0 Å². The van der Waals surface area contributed by atoms with Gasteiger partial charge in [-0.15, -0.1) is 0 Å². The molecule has 0 aliphatic heterocycles. The van der Waals surface area contributed by atoms with Gasteiger partial charge >= 0.3 is 0 Å². The van der Waals surface area contributed by atoms with Gasteiger partial charge in [-0.1, -0.05) is 11.8 Å². The van der Waals surface area contributed by atoms with E-state index < -0.39 is 16.5 Å². The van der Waals surface area contributed by atoms with Gasteiger partial charge in [0.25, 0.3) is 5.97 Å². The molecule has 0 bridgehead atoms. The maximum Gasteiger partial charge on any atom is 0.292 e. The summed E-state index contributed by atoms with van der Waals surface area (Å²) in [4.78, 5) is 10.7. The van der Waals surface area contributed by atoms with Crippen molar-refractivity contribution in [1.29, 1.82) is 0 Å². The van der Waals surface area contributed by atoms with Gasteiger partial charge in [0.05, 0.1) is 31.4 Å². The Balaban J connectivity index is 4.58. The minimum absolute atomic E-state index is 0.285. The van der Waals surface area contributed by atoms with Crippen molar-refractivity contribution in [2.45, 2.75) is 43.3 Å². The molecule has 0 aromatic heterocycles. The zero-order valence-corrected chi connectivity index (χ0v) is 9.37. The molecule has 0 fully saturated rings. The zero-order chi connectivity index (χ0) is 12.5. The molecule has 0 unspecified atom stereocenters. The summed E-state index contributed by atoms with van der Waals surface area (Å²) in [5.41, 5.74) is -0.363. The van der Waals surface area contributed by atoms with Crippen molar-refractivity contribution < 1.29 is 9.90 Å². The van der Waals surface area contributed by atoms with Crippen LogP contribution in [0.4, 0.5) is 0 Å². The van der Waals surface area contributed by atoms with Crippen LogP contribution in [0.2, 0.25) is 5.21 Å². The zero-order valence-electron chi connectivity index (χ0n) is 9.37. The van der Waals surface area contributed by atoms with Crippen LogP contribution in [0, 0.1) is 0 Å². The van der Waals surface area contributed by atoms with Crippen LogP contribution in [-0.4, -0.2) is 53.3 Å². The van der Waals surface area contributed by atoms with Crippen LogP contribution < -0.4 is 5.32 Å². The van der Waals surface area contributed by atoms with E-state index in [-0.39, 0.29) is 12.0 Å². The van der Waals surface area contributed by atoms with E-state index in [1.165, 1.54) is 0 Å². The lowest BCUT2D eigenvalue weighted by atomic mass is 9.44. The average molecular weight is 198 g/mol. The van der Waals surface area contributed by atoms with Crippen LogP contribution in [-0.2, 0) is 4.79 Å². The number of hydrogen-bond donors (Lipinski definition) is 2. The first kappa shape index (κ1) is 14.7. The van der Waals surface area contributed by atoms with Gasteiger partial charge in [0.2, 0.25) is 0 Å². The molecule has 0 rings (SSSR count). The van der Waals surface area contributed by atoms with Gasteiger partial charge in [-0.2, -0.15) is 0 Å². The fourth-order valence-corrected chi connectivity index (χ4v) is 1.30. The highest BCUT2D eigenvalue weighted by Gasteiger charge is 2.34. The molecule has 0 aliphatic carbocycles. The molecule has 0 spiro atoms. The van der Waals surface area contributed by atoms with Crippen LogP contribution in [0.3, 0.4) is 0 Å². The van der Waals surface area contributed by atoms with Crippen LogP contribution in [0.25, 0.3) is 0 Å². The van der Waals surface area contributed by atoms with Gasteiger partial charge in [-0.05, 0) is 26.0 Å². The Labute approximate surface area is 96.4 Å². The molecule has 0 atom stereocenters. The first-order valence-electron chi connectivity index (χ1n) is 4.54. The van der Waals surface area contributed by atoms with E-state index in [9.17, 15) is 4.79 Å². The molecule has 0 saturated heterocycles. The Morgan fingerprint density at radius 1 is 1.20 bits per heavy atom. The second-order valence-electron chi connectivity index (χ2n) is 4.94. The van der Waals surface area contributed by atoms with E-state index >= 15 is 0 Å². The molecule has 7 heteroatoms. The lowest BCUT2D eigenvalue weighted by Crippen LogP contribution is -2.57. The minimum atomic E-state index is -1.94. The van der Waals surface area contributed by atoms with E-state index in [2.05, 4.69) is 5.32 Å². The van der Waals surface area contributed by atoms with Gasteiger partial charge in [0.1, 0.15) is 0 Å². The van der Waals surface area contributed by atoms with Gasteiger partial charge in [-0.3, -0.25) is 4.79 Å². The second kappa shape index (κ2) is 4.28. The Bertz CT molecular complexity index is 248. The number of carboxylic acid groups (broad SMARTS) is 1. The number of carbonyl (C=O) groups is 1. The molecule has 15 heavy (non-hydrogen) atoms. The summed E-state index contributed by atoms with van der Waals surface area (Å²) < 4.78 is 0. The molecule has 2 N–H and O–H groups in total. The summed E-state index contributed by atoms with van der Waals surface area (Å²) in [6.45, 7) is 5.53. The quantitative estimate of drug-likeness (QED) is 0.587. The second-order valence-corrected chi connectivity index (χ2v) is 4.94. The maximum atomic E-state index is 10.7. The van der Waals surface area contributed by atoms with E-state index in [4.69, 9.17) is 36.5 Å². The number of nitrogens with one attached hydrogen (secondary N) is 1. The highest BCUT2D eigenvalue weighted by molar-refractivity contribution is 6.51. The summed E-state index contributed by atoms with van der Waals surface area (Å²) in [5.74, 6) is -1.35. The van der Waals surface area contributed by atoms with Crippen LogP contribution >= 0.6 is 0 Å².